The minimum Gasteiger partial charge on any atom is -0.464 e. The van der Waals surface area contributed by atoms with E-state index in [0.717, 1.165) is 21.0 Å². The maximum absolute atomic E-state index is 15.7. The second-order valence-electron chi connectivity index (χ2n) is 13.0. The molecule has 1 aliphatic rings. The summed E-state index contributed by atoms with van der Waals surface area (Å²) in [5.41, 5.74) is 0.511. The van der Waals surface area contributed by atoms with Crippen LogP contribution in [0.2, 0.25) is 0 Å². The highest BCUT2D eigenvalue weighted by atomic mass is 35.5. The molecule has 55 heavy (non-hydrogen) atoms. The summed E-state index contributed by atoms with van der Waals surface area (Å²) >= 11 is 9.53. The van der Waals surface area contributed by atoms with Gasteiger partial charge in [0.05, 0.1) is 46.3 Å². The van der Waals surface area contributed by atoms with Crippen LogP contribution in [0.1, 0.15) is 53.3 Å². The van der Waals surface area contributed by atoms with Crippen LogP contribution < -0.4 is 0 Å². The number of benzene rings is 5. The molecule has 0 aliphatic carbocycles. The third-order valence-corrected chi connectivity index (χ3v) is 11.4. The first kappa shape index (κ1) is 41.4. The van der Waals surface area contributed by atoms with Gasteiger partial charge in [0, 0.05) is 0 Å². The Morgan fingerprint density at radius 1 is 0.655 bits per heavy atom. The molecule has 0 amide bonds. The zero-order valence-corrected chi connectivity index (χ0v) is 33.7. The number of sulfonamides is 1. The van der Waals surface area contributed by atoms with E-state index in [4.69, 9.17) is 37.7 Å². The number of aliphatic imine (C=N–C) groups is 1. The molecule has 6 rings (SSSR count). The topological polar surface area (TPSA) is 102 Å². The van der Waals surface area contributed by atoms with E-state index in [1.54, 1.807) is 38.1 Å². The molecule has 0 unspecified atom stereocenters. The van der Waals surface area contributed by atoms with Crippen molar-refractivity contribution in [2.24, 2.45) is 4.99 Å². The number of hydrogen-bond acceptors (Lipinski definition) is 7. The molecule has 5 aromatic rings. The van der Waals surface area contributed by atoms with Crippen molar-refractivity contribution in [3.8, 4) is 0 Å². The van der Waals surface area contributed by atoms with E-state index >= 15 is 18.0 Å². The van der Waals surface area contributed by atoms with E-state index in [9.17, 15) is 0 Å². The molecule has 0 N–H and O–H groups in total. The fraction of sp³-hybridized carbons (Fsp3) is 0.250. The van der Waals surface area contributed by atoms with Crippen LogP contribution in [-0.4, -0.2) is 54.5 Å². The number of alkyl halides is 2. The summed E-state index contributed by atoms with van der Waals surface area (Å²) in [4.78, 5) is 35.4. The SMILES string of the molecule is CCOC(=O)C1(C(=O)OCC)C(=Nc2ccc(C)cc2)C(c2ccccc2)(c2ccccc2)[C@H](c2ccc(C)cc2)N1S(=O)(=O)c1ccc(C)cc1.ClCCl. The van der Waals surface area contributed by atoms with Gasteiger partial charge in [-0.3, -0.25) is 4.99 Å². The lowest BCUT2D eigenvalue weighted by Crippen LogP contribution is -2.64. The maximum Gasteiger partial charge on any atom is 0.345 e. The lowest BCUT2D eigenvalue weighted by molar-refractivity contribution is -0.165. The number of rotatable bonds is 10. The molecule has 1 atom stereocenters. The minimum atomic E-state index is -4.77. The van der Waals surface area contributed by atoms with E-state index < -0.39 is 39.0 Å². The fourth-order valence-electron chi connectivity index (χ4n) is 7.17. The summed E-state index contributed by atoms with van der Waals surface area (Å²) in [5, 5.41) is 0.194. The average molecular weight is 800 g/mol. The van der Waals surface area contributed by atoms with Crippen LogP contribution in [0.25, 0.3) is 0 Å². The highest BCUT2D eigenvalue weighted by Gasteiger charge is 2.77. The first-order valence-electron chi connectivity index (χ1n) is 17.9. The van der Waals surface area contributed by atoms with Crippen LogP contribution >= 0.6 is 23.2 Å². The van der Waals surface area contributed by atoms with E-state index in [-0.39, 0.29) is 29.2 Å². The number of hydrogen-bond donors (Lipinski definition) is 0. The van der Waals surface area contributed by atoms with Gasteiger partial charge in [-0.15, -0.1) is 23.2 Å². The van der Waals surface area contributed by atoms with E-state index in [2.05, 4.69) is 0 Å². The Labute approximate surface area is 333 Å². The van der Waals surface area contributed by atoms with Crippen molar-refractivity contribution < 1.29 is 27.5 Å². The van der Waals surface area contributed by atoms with Gasteiger partial charge in [-0.2, -0.15) is 4.31 Å². The number of carbonyl (C=O) groups is 2. The molecule has 1 heterocycles. The molecule has 286 valence electrons. The van der Waals surface area contributed by atoms with Gasteiger partial charge in [0.1, 0.15) is 0 Å². The quantitative estimate of drug-likeness (QED) is 0.0793. The van der Waals surface area contributed by atoms with Gasteiger partial charge in [-0.1, -0.05) is 126 Å². The third-order valence-electron chi connectivity index (χ3n) is 9.54. The monoisotopic (exact) mass is 798 g/mol. The van der Waals surface area contributed by atoms with Crippen molar-refractivity contribution in [1.29, 1.82) is 0 Å². The van der Waals surface area contributed by atoms with Crippen LogP contribution in [0, 0.1) is 20.8 Å². The fourth-order valence-corrected chi connectivity index (χ4v) is 9.03. The molecule has 5 aromatic carbocycles. The molecular weight excluding hydrogens is 755 g/mol. The summed E-state index contributed by atoms with van der Waals surface area (Å²) in [6, 6.07) is 38.5. The van der Waals surface area contributed by atoms with Crippen molar-refractivity contribution in [3.05, 3.63) is 167 Å². The number of ether oxygens (including phenoxy) is 2. The van der Waals surface area contributed by atoms with Crippen LogP contribution in [0.5, 0.6) is 0 Å². The second-order valence-corrected chi connectivity index (χ2v) is 15.6. The van der Waals surface area contributed by atoms with Crippen LogP contribution in [0.15, 0.2) is 143 Å². The Kier molecular flexibility index (Phi) is 13.4. The van der Waals surface area contributed by atoms with E-state index in [1.165, 1.54) is 12.1 Å². The van der Waals surface area contributed by atoms with Crippen molar-refractivity contribution in [1.82, 2.24) is 4.31 Å². The number of aryl methyl sites for hydroxylation is 3. The molecule has 1 aliphatic heterocycles. The van der Waals surface area contributed by atoms with Crippen molar-refractivity contribution in [2.45, 2.75) is 56.5 Å². The summed E-state index contributed by atoms with van der Waals surface area (Å²) < 4.78 is 44.0. The lowest BCUT2D eigenvalue weighted by Gasteiger charge is -2.39. The summed E-state index contributed by atoms with van der Waals surface area (Å²) in [6.45, 7) is 8.66. The Hall–Kier alpha value is -4.80. The first-order chi connectivity index (χ1) is 26.4. The van der Waals surface area contributed by atoms with Gasteiger partial charge < -0.3 is 9.47 Å². The number of halogens is 2. The second kappa shape index (κ2) is 17.8. The Balaban J connectivity index is 0.00000187. The summed E-state index contributed by atoms with van der Waals surface area (Å²) in [7, 11) is -4.77. The van der Waals surface area contributed by atoms with Gasteiger partial charge in [0.15, 0.2) is 0 Å². The highest BCUT2D eigenvalue weighted by Crippen LogP contribution is 2.60. The first-order valence-corrected chi connectivity index (χ1v) is 20.4. The van der Waals surface area contributed by atoms with Crippen molar-refractivity contribution in [3.63, 3.8) is 0 Å². The molecule has 11 heteroatoms. The van der Waals surface area contributed by atoms with E-state index in [1.807, 2.05) is 118 Å². The van der Waals surface area contributed by atoms with E-state index in [0.29, 0.717) is 22.4 Å². The zero-order chi connectivity index (χ0) is 39.8. The Morgan fingerprint density at radius 3 is 1.47 bits per heavy atom. The number of esters is 2. The molecule has 0 saturated carbocycles. The predicted molar refractivity (Wildman–Crippen MR) is 219 cm³/mol. The van der Waals surface area contributed by atoms with Gasteiger partial charge in [0.2, 0.25) is 10.0 Å². The molecule has 0 spiro atoms. The third kappa shape index (κ3) is 7.71. The lowest BCUT2D eigenvalue weighted by atomic mass is 9.64. The van der Waals surface area contributed by atoms with Gasteiger partial charge in [0.25, 0.3) is 5.54 Å². The average Bonchev–Trinajstić information content (AvgIpc) is 3.46. The van der Waals surface area contributed by atoms with Gasteiger partial charge in [-0.25, -0.2) is 18.0 Å². The van der Waals surface area contributed by atoms with Crippen LogP contribution in [0.4, 0.5) is 5.69 Å². The molecule has 1 fully saturated rings. The largest absolute Gasteiger partial charge is 0.464 e. The minimum absolute atomic E-state index is 0.0561. The molecule has 8 nitrogen and oxygen atoms in total. The van der Waals surface area contributed by atoms with Crippen LogP contribution in [0.3, 0.4) is 0 Å². The summed E-state index contributed by atoms with van der Waals surface area (Å²) in [6.07, 6.45) is 0. The van der Waals surface area contributed by atoms with Crippen LogP contribution in [-0.2, 0) is 34.5 Å². The molecule has 0 bridgehead atoms. The zero-order valence-electron chi connectivity index (χ0n) is 31.4. The highest BCUT2D eigenvalue weighted by molar-refractivity contribution is 7.89. The van der Waals surface area contributed by atoms with Gasteiger partial charge in [-0.05, 0) is 75.6 Å². The smallest absolute Gasteiger partial charge is 0.345 e. The van der Waals surface area contributed by atoms with Crippen molar-refractivity contribution >= 4 is 56.6 Å². The molecule has 0 aromatic heterocycles. The van der Waals surface area contributed by atoms with Crippen molar-refractivity contribution in [2.75, 3.05) is 18.6 Å². The molecule has 1 saturated heterocycles. The number of nitrogens with zero attached hydrogens (tertiary/aromatic N) is 2. The summed E-state index contributed by atoms with van der Waals surface area (Å²) in [5.74, 6) is -2.22. The van der Waals surface area contributed by atoms with Gasteiger partial charge >= 0.3 is 11.9 Å². The standard InChI is InChI=1S/C43H42N2O6S.CH2Cl2/c1-6-50-40(46)43(41(47)51-7-2)39(44-36-26-20-31(4)21-27-36)42(34-14-10-8-11-15-34,35-16-12-9-13-17-35)38(33-24-18-30(3)19-25-33)45(43)52(48,49)37-28-22-32(5)23-29-37;2-1-3/h8-29,38H,6-7H2,1-5H3;1H2/t38-;/m0./s1. The molecule has 0 radical (unpaired) electrons. The molecular formula is C44H44Cl2N2O6S. The normalized spacial score (nSPS) is 16.9. The number of carbonyl (C=O) groups excluding carboxylic acids is 2. The Bertz CT molecular complexity index is 2160. The predicted octanol–water partition coefficient (Wildman–Crippen LogP) is 9.40. The Morgan fingerprint density at radius 2 is 1.05 bits per heavy atom. The maximum atomic E-state index is 15.7.